The van der Waals surface area contributed by atoms with Crippen molar-refractivity contribution in [2.24, 2.45) is 7.05 Å². The molecule has 3 aliphatic rings. The minimum absolute atomic E-state index is 0.112. The molecule has 1 saturated carbocycles. The molecule has 5 rings (SSSR count). The van der Waals surface area contributed by atoms with Crippen LogP contribution in [0.25, 0.3) is 11.3 Å². The monoisotopic (exact) mass is 367 g/mol. The molecule has 0 atom stereocenters. The van der Waals surface area contributed by atoms with E-state index in [1.807, 2.05) is 12.1 Å². The van der Waals surface area contributed by atoms with Crippen LogP contribution in [-0.4, -0.2) is 39.6 Å². The zero-order valence-corrected chi connectivity index (χ0v) is 15.7. The molecule has 1 aromatic carbocycles. The molecule has 1 spiro atoms. The van der Waals surface area contributed by atoms with E-state index in [0.29, 0.717) is 6.61 Å². The van der Waals surface area contributed by atoms with Crippen molar-refractivity contribution in [3.8, 4) is 17.0 Å². The lowest BCUT2D eigenvalue weighted by Gasteiger charge is -2.47. The summed E-state index contributed by atoms with van der Waals surface area (Å²) < 4.78 is 13.9. The van der Waals surface area contributed by atoms with E-state index in [-0.39, 0.29) is 5.56 Å². The second kappa shape index (κ2) is 6.46. The molecule has 1 aromatic heterocycles. The van der Waals surface area contributed by atoms with Crippen LogP contribution in [0.4, 0.5) is 0 Å². The van der Waals surface area contributed by atoms with Crippen molar-refractivity contribution in [3.63, 3.8) is 0 Å². The van der Waals surface area contributed by atoms with E-state index in [1.54, 1.807) is 19.2 Å². The molecule has 0 amide bonds. The number of rotatable bonds is 2. The van der Waals surface area contributed by atoms with E-state index in [4.69, 9.17) is 9.47 Å². The van der Waals surface area contributed by atoms with Crippen molar-refractivity contribution in [1.29, 1.82) is 0 Å². The first-order valence-electron chi connectivity index (χ1n) is 9.87. The van der Waals surface area contributed by atoms with Crippen LogP contribution >= 0.6 is 0 Å². The number of aryl methyl sites for hydroxylation is 1. The standard InChI is InChI=1S/C21H25N3O3/c1-23-20(25)8-6-18(22-23)15-5-7-19-16(13-15)14-26-21(27-19)9-11-24(12-10-21)17-3-2-4-17/h5-8,13,17H,2-4,9-12,14H2,1H3. The highest BCUT2D eigenvalue weighted by Gasteiger charge is 2.42. The highest BCUT2D eigenvalue weighted by Crippen LogP contribution is 2.40. The summed E-state index contributed by atoms with van der Waals surface area (Å²) in [4.78, 5) is 14.2. The number of hydrogen-bond donors (Lipinski definition) is 0. The van der Waals surface area contributed by atoms with Crippen molar-refractivity contribution >= 4 is 0 Å². The summed E-state index contributed by atoms with van der Waals surface area (Å²) in [6.45, 7) is 2.67. The van der Waals surface area contributed by atoms with Gasteiger partial charge in [0.05, 0.1) is 12.3 Å². The second-order valence-corrected chi connectivity index (χ2v) is 7.93. The van der Waals surface area contributed by atoms with Crippen molar-refractivity contribution < 1.29 is 9.47 Å². The third-order valence-electron chi connectivity index (χ3n) is 6.25. The van der Waals surface area contributed by atoms with Gasteiger partial charge < -0.3 is 9.47 Å². The molecule has 1 saturated heterocycles. The molecule has 0 bridgehead atoms. The zero-order chi connectivity index (χ0) is 18.4. The Morgan fingerprint density at radius 1 is 1.15 bits per heavy atom. The van der Waals surface area contributed by atoms with E-state index in [9.17, 15) is 4.79 Å². The summed E-state index contributed by atoms with van der Waals surface area (Å²) in [5.74, 6) is 0.441. The Bertz CT molecular complexity index is 911. The van der Waals surface area contributed by atoms with Crippen molar-refractivity contribution in [3.05, 3.63) is 46.2 Å². The summed E-state index contributed by atoms with van der Waals surface area (Å²) in [5, 5.41) is 4.33. The Hall–Kier alpha value is -2.18. The largest absolute Gasteiger partial charge is 0.462 e. The first-order valence-corrected chi connectivity index (χ1v) is 9.87. The minimum atomic E-state index is -0.469. The molecule has 0 radical (unpaired) electrons. The number of hydrogen-bond acceptors (Lipinski definition) is 5. The molecule has 27 heavy (non-hydrogen) atoms. The lowest BCUT2D eigenvalue weighted by molar-refractivity contribution is -0.231. The normalized spacial score (nSPS) is 22.1. The quantitative estimate of drug-likeness (QED) is 0.817. The van der Waals surface area contributed by atoms with E-state index in [0.717, 1.165) is 54.5 Å². The zero-order valence-electron chi connectivity index (χ0n) is 15.7. The molecule has 6 heteroatoms. The van der Waals surface area contributed by atoms with Crippen LogP contribution in [0.1, 0.15) is 37.7 Å². The molecule has 0 unspecified atom stereocenters. The highest BCUT2D eigenvalue weighted by molar-refractivity contribution is 5.61. The maximum atomic E-state index is 11.6. The number of fused-ring (bicyclic) bond motifs is 1. The molecule has 2 aromatic rings. The Labute approximate surface area is 158 Å². The van der Waals surface area contributed by atoms with Gasteiger partial charge in [-0.05, 0) is 37.1 Å². The Morgan fingerprint density at radius 2 is 1.96 bits per heavy atom. The van der Waals surface area contributed by atoms with Crippen molar-refractivity contribution in [2.45, 2.75) is 50.5 Å². The van der Waals surface area contributed by atoms with Gasteiger partial charge in [-0.2, -0.15) is 5.10 Å². The summed E-state index contributed by atoms with van der Waals surface area (Å²) in [6, 6.07) is 10.2. The molecule has 2 aliphatic heterocycles. The molecule has 3 heterocycles. The van der Waals surface area contributed by atoms with E-state index in [2.05, 4.69) is 16.1 Å². The van der Waals surface area contributed by atoms with Crippen molar-refractivity contribution in [2.75, 3.05) is 13.1 Å². The number of benzene rings is 1. The van der Waals surface area contributed by atoms with Gasteiger partial charge in [0.1, 0.15) is 5.75 Å². The average Bonchev–Trinajstić information content (AvgIpc) is 2.64. The molecule has 1 aliphatic carbocycles. The van der Waals surface area contributed by atoms with Crippen LogP contribution in [0.3, 0.4) is 0 Å². The number of nitrogens with zero attached hydrogens (tertiary/aromatic N) is 3. The van der Waals surface area contributed by atoms with Gasteiger partial charge >= 0.3 is 0 Å². The Balaban J connectivity index is 1.33. The fourth-order valence-corrected chi connectivity index (χ4v) is 4.27. The molecule has 142 valence electrons. The predicted molar refractivity (Wildman–Crippen MR) is 102 cm³/mol. The van der Waals surface area contributed by atoms with Gasteiger partial charge in [-0.25, -0.2) is 4.68 Å². The molecule has 0 N–H and O–H groups in total. The fraction of sp³-hybridized carbons (Fsp3) is 0.524. The Kier molecular flexibility index (Phi) is 4.06. The lowest BCUT2D eigenvalue weighted by Crippen LogP contribution is -2.54. The van der Waals surface area contributed by atoms with Crippen LogP contribution < -0.4 is 10.3 Å². The smallest absolute Gasteiger partial charge is 0.266 e. The first kappa shape index (κ1) is 17.0. The highest BCUT2D eigenvalue weighted by atomic mass is 16.7. The number of aromatic nitrogens is 2. The summed E-state index contributed by atoms with van der Waals surface area (Å²) in [7, 11) is 1.66. The molecular formula is C21H25N3O3. The molecular weight excluding hydrogens is 342 g/mol. The van der Waals surface area contributed by atoms with E-state index >= 15 is 0 Å². The minimum Gasteiger partial charge on any atom is -0.462 e. The maximum Gasteiger partial charge on any atom is 0.266 e. The maximum absolute atomic E-state index is 11.6. The van der Waals surface area contributed by atoms with Gasteiger partial charge in [0.25, 0.3) is 5.56 Å². The number of piperidine rings is 1. The van der Waals surface area contributed by atoms with Gasteiger partial charge in [0.2, 0.25) is 5.79 Å². The van der Waals surface area contributed by atoms with Crippen LogP contribution in [0, 0.1) is 0 Å². The fourth-order valence-electron chi connectivity index (χ4n) is 4.27. The van der Waals surface area contributed by atoms with E-state index < -0.39 is 5.79 Å². The topological polar surface area (TPSA) is 56.6 Å². The third kappa shape index (κ3) is 3.07. The summed E-state index contributed by atoms with van der Waals surface area (Å²) >= 11 is 0. The molecule has 2 fully saturated rings. The van der Waals surface area contributed by atoms with Crippen LogP contribution in [0.15, 0.2) is 35.1 Å². The first-order chi connectivity index (χ1) is 13.1. The van der Waals surface area contributed by atoms with Crippen LogP contribution in [0.2, 0.25) is 0 Å². The van der Waals surface area contributed by atoms with E-state index in [1.165, 1.54) is 23.9 Å². The number of ether oxygens (including phenoxy) is 2. The van der Waals surface area contributed by atoms with Gasteiger partial charge in [0.15, 0.2) is 0 Å². The predicted octanol–water partition coefficient (Wildman–Crippen LogP) is 2.70. The number of likely N-dealkylation sites (tertiary alicyclic amines) is 1. The lowest BCUT2D eigenvalue weighted by atomic mass is 9.89. The van der Waals surface area contributed by atoms with Crippen LogP contribution in [-0.2, 0) is 18.4 Å². The second-order valence-electron chi connectivity index (χ2n) is 7.93. The summed E-state index contributed by atoms with van der Waals surface area (Å²) in [6.07, 6.45) is 5.92. The Morgan fingerprint density at radius 3 is 2.67 bits per heavy atom. The van der Waals surface area contributed by atoms with Gasteiger partial charge in [-0.1, -0.05) is 6.42 Å². The molecule has 6 nitrogen and oxygen atoms in total. The average molecular weight is 367 g/mol. The van der Waals surface area contributed by atoms with Gasteiger partial charge in [-0.15, -0.1) is 0 Å². The van der Waals surface area contributed by atoms with Gasteiger partial charge in [-0.3, -0.25) is 9.69 Å². The summed E-state index contributed by atoms with van der Waals surface area (Å²) in [5.41, 5.74) is 2.66. The SMILES string of the molecule is Cn1nc(-c2ccc3c(c2)COC2(CCN(C4CCC4)CC2)O3)ccc1=O. The van der Waals surface area contributed by atoms with Crippen LogP contribution in [0.5, 0.6) is 5.75 Å². The van der Waals surface area contributed by atoms with Crippen molar-refractivity contribution in [1.82, 2.24) is 14.7 Å². The van der Waals surface area contributed by atoms with Gasteiger partial charge in [0, 0.05) is 56.2 Å². The third-order valence-corrected chi connectivity index (χ3v) is 6.25.